The zero-order valence-corrected chi connectivity index (χ0v) is 13.7. The fourth-order valence-corrected chi connectivity index (χ4v) is 3.78. The van der Waals surface area contributed by atoms with Crippen LogP contribution in [-0.4, -0.2) is 13.7 Å². The summed E-state index contributed by atoms with van der Waals surface area (Å²) in [5.41, 5.74) is 2.90. The van der Waals surface area contributed by atoms with E-state index in [1.165, 1.54) is 11.1 Å². The molecule has 1 aliphatic rings. The van der Waals surface area contributed by atoms with E-state index >= 15 is 0 Å². The van der Waals surface area contributed by atoms with Crippen LogP contribution in [0.15, 0.2) is 48.5 Å². The number of fused-ring (bicyclic) bond motifs is 1. The zero-order chi connectivity index (χ0) is 14.7. The van der Waals surface area contributed by atoms with E-state index in [1.807, 2.05) is 24.3 Å². The van der Waals surface area contributed by atoms with E-state index in [1.54, 1.807) is 7.11 Å². The van der Waals surface area contributed by atoms with Gasteiger partial charge in [-0.05, 0) is 54.2 Å². The molecule has 0 saturated heterocycles. The van der Waals surface area contributed by atoms with Crippen LogP contribution in [0.5, 0.6) is 11.5 Å². The summed E-state index contributed by atoms with van der Waals surface area (Å²) in [6.45, 7) is 0.743. The van der Waals surface area contributed by atoms with Gasteiger partial charge in [0.25, 0.3) is 0 Å². The van der Waals surface area contributed by atoms with E-state index in [0.717, 1.165) is 30.9 Å². The first-order valence-corrected chi connectivity index (χ1v) is 8.18. The Hall–Kier alpha value is -1.48. The van der Waals surface area contributed by atoms with Gasteiger partial charge in [0.2, 0.25) is 0 Å². The van der Waals surface area contributed by atoms with E-state index in [4.69, 9.17) is 9.47 Å². The molecule has 0 aromatic heterocycles. The van der Waals surface area contributed by atoms with Crippen molar-refractivity contribution in [1.29, 1.82) is 0 Å². The van der Waals surface area contributed by atoms with Crippen molar-refractivity contribution in [2.75, 3.05) is 13.7 Å². The van der Waals surface area contributed by atoms with Gasteiger partial charge in [-0.25, -0.2) is 0 Å². The van der Waals surface area contributed by atoms with Crippen molar-refractivity contribution in [3.05, 3.63) is 59.7 Å². The van der Waals surface area contributed by atoms with Crippen LogP contribution in [0.2, 0.25) is 0 Å². The molecule has 0 aliphatic heterocycles. The molecule has 110 valence electrons. The summed E-state index contributed by atoms with van der Waals surface area (Å²) in [7, 11) is 1.67. The minimum absolute atomic E-state index is 0.452. The lowest BCUT2D eigenvalue weighted by Gasteiger charge is -2.15. The monoisotopic (exact) mass is 346 g/mol. The van der Waals surface area contributed by atoms with Crippen molar-refractivity contribution >= 4 is 15.9 Å². The number of halogens is 1. The van der Waals surface area contributed by atoms with E-state index in [2.05, 4.69) is 40.2 Å². The van der Waals surface area contributed by atoms with Gasteiger partial charge >= 0.3 is 0 Å². The molecule has 2 unspecified atom stereocenters. The van der Waals surface area contributed by atoms with Gasteiger partial charge in [-0.3, -0.25) is 0 Å². The molecule has 0 N–H and O–H groups in total. The maximum Gasteiger partial charge on any atom is 0.119 e. The molecule has 2 nitrogen and oxygen atoms in total. The molecule has 0 radical (unpaired) electrons. The average molecular weight is 347 g/mol. The van der Waals surface area contributed by atoms with Gasteiger partial charge < -0.3 is 9.47 Å². The largest absolute Gasteiger partial charge is 0.497 e. The lowest BCUT2D eigenvalue weighted by molar-refractivity contribution is 0.279. The normalized spacial score (nSPS) is 20.1. The third-order valence-electron chi connectivity index (χ3n) is 4.06. The summed E-state index contributed by atoms with van der Waals surface area (Å²) in [6, 6.07) is 16.4. The van der Waals surface area contributed by atoms with Crippen molar-refractivity contribution in [2.45, 2.75) is 17.7 Å². The fourth-order valence-electron chi connectivity index (χ4n) is 2.88. The Morgan fingerprint density at radius 2 is 1.76 bits per heavy atom. The molecule has 3 rings (SSSR count). The highest BCUT2D eigenvalue weighted by Crippen LogP contribution is 2.43. The molecule has 21 heavy (non-hydrogen) atoms. The third kappa shape index (κ3) is 3.24. The van der Waals surface area contributed by atoms with Crippen LogP contribution in [0.4, 0.5) is 0 Å². The smallest absolute Gasteiger partial charge is 0.119 e. The fraction of sp³-hybridized carbons (Fsp3) is 0.333. The van der Waals surface area contributed by atoms with Crippen LogP contribution in [0.25, 0.3) is 0 Å². The minimum Gasteiger partial charge on any atom is -0.497 e. The number of benzene rings is 2. The zero-order valence-electron chi connectivity index (χ0n) is 12.1. The number of hydrogen-bond acceptors (Lipinski definition) is 2. The minimum atomic E-state index is 0.452. The van der Waals surface area contributed by atoms with Crippen LogP contribution in [0.3, 0.4) is 0 Å². The van der Waals surface area contributed by atoms with E-state index in [-0.39, 0.29) is 0 Å². The molecule has 0 fully saturated rings. The number of ether oxygens (including phenoxy) is 2. The predicted octanol–water partition coefficient (Wildman–Crippen LogP) is 4.77. The van der Waals surface area contributed by atoms with Crippen LogP contribution in [0.1, 0.15) is 22.4 Å². The van der Waals surface area contributed by atoms with Crippen LogP contribution < -0.4 is 9.47 Å². The second-order valence-corrected chi connectivity index (χ2v) is 6.36. The molecule has 1 aliphatic carbocycles. The highest BCUT2D eigenvalue weighted by Gasteiger charge is 2.29. The first-order valence-electron chi connectivity index (χ1n) is 7.26. The highest BCUT2D eigenvalue weighted by molar-refractivity contribution is 9.09. The van der Waals surface area contributed by atoms with E-state index in [0.29, 0.717) is 10.7 Å². The molecule has 3 heteroatoms. The molecule has 2 aromatic rings. The van der Waals surface area contributed by atoms with Crippen LogP contribution in [0, 0.1) is 5.92 Å². The number of methoxy groups -OCH3 is 1. The van der Waals surface area contributed by atoms with E-state index in [9.17, 15) is 0 Å². The molecule has 0 bridgehead atoms. The summed E-state index contributed by atoms with van der Waals surface area (Å²) in [5, 5.41) is 0. The van der Waals surface area contributed by atoms with Gasteiger partial charge in [-0.1, -0.05) is 40.2 Å². The maximum atomic E-state index is 5.84. The Bertz CT molecular complexity index is 594. The first kappa shape index (κ1) is 14.5. The van der Waals surface area contributed by atoms with E-state index < -0.39 is 0 Å². The second-order valence-electron chi connectivity index (χ2n) is 5.38. The topological polar surface area (TPSA) is 18.5 Å². The third-order valence-corrected chi connectivity index (χ3v) is 5.31. The number of alkyl halides is 1. The maximum absolute atomic E-state index is 5.84. The summed E-state index contributed by atoms with van der Waals surface area (Å²) >= 11 is 3.84. The van der Waals surface area contributed by atoms with Crippen molar-refractivity contribution in [2.24, 2.45) is 5.92 Å². The Labute approximate surface area is 134 Å². The molecular formula is C18H19BrO2. The van der Waals surface area contributed by atoms with Crippen LogP contribution >= 0.6 is 15.9 Å². The average Bonchev–Trinajstić information content (AvgIpc) is 2.85. The van der Waals surface area contributed by atoms with Crippen molar-refractivity contribution in [3.8, 4) is 11.5 Å². The van der Waals surface area contributed by atoms with Crippen molar-refractivity contribution in [3.63, 3.8) is 0 Å². The molecule has 0 saturated carbocycles. The molecule has 0 heterocycles. The summed E-state index contributed by atoms with van der Waals surface area (Å²) in [6.07, 6.45) is 2.19. The Morgan fingerprint density at radius 3 is 2.48 bits per heavy atom. The Balaban J connectivity index is 1.52. The van der Waals surface area contributed by atoms with Gasteiger partial charge in [0, 0.05) is 4.83 Å². The van der Waals surface area contributed by atoms with Gasteiger partial charge in [0.05, 0.1) is 13.7 Å². The second kappa shape index (κ2) is 6.52. The molecule has 2 atom stereocenters. The Kier molecular flexibility index (Phi) is 4.49. The molecule has 0 amide bonds. The number of rotatable bonds is 5. The summed E-state index contributed by atoms with van der Waals surface area (Å²) < 4.78 is 11.0. The van der Waals surface area contributed by atoms with Gasteiger partial charge in [-0.2, -0.15) is 0 Å². The molecule has 2 aromatic carbocycles. The predicted molar refractivity (Wildman–Crippen MR) is 88.4 cm³/mol. The molecular weight excluding hydrogens is 328 g/mol. The highest BCUT2D eigenvalue weighted by atomic mass is 79.9. The Morgan fingerprint density at radius 1 is 1.05 bits per heavy atom. The molecule has 0 spiro atoms. The van der Waals surface area contributed by atoms with Crippen LogP contribution in [-0.2, 0) is 6.42 Å². The van der Waals surface area contributed by atoms with Gasteiger partial charge in [-0.15, -0.1) is 0 Å². The quantitative estimate of drug-likeness (QED) is 0.725. The lowest BCUT2D eigenvalue weighted by Crippen LogP contribution is -2.08. The van der Waals surface area contributed by atoms with Gasteiger partial charge in [0.15, 0.2) is 0 Å². The van der Waals surface area contributed by atoms with Crippen molar-refractivity contribution in [1.82, 2.24) is 0 Å². The standard InChI is InChI=1S/C18H19BrO2/c1-20-15-6-8-16(9-7-15)21-11-10-14-12-13-4-2-3-5-17(13)18(14)19/h2-9,14,18H,10-12H2,1H3. The summed E-state index contributed by atoms with van der Waals surface area (Å²) in [4.78, 5) is 0.452. The SMILES string of the molecule is COc1ccc(OCCC2Cc3ccccc3C2Br)cc1. The first-order chi connectivity index (χ1) is 10.3. The number of hydrogen-bond donors (Lipinski definition) is 0. The summed E-state index contributed by atoms with van der Waals surface area (Å²) in [5.74, 6) is 2.37. The lowest BCUT2D eigenvalue weighted by atomic mass is 10.0. The van der Waals surface area contributed by atoms with Gasteiger partial charge in [0.1, 0.15) is 11.5 Å². The van der Waals surface area contributed by atoms with Crippen molar-refractivity contribution < 1.29 is 9.47 Å².